The van der Waals surface area contributed by atoms with E-state index in [1.54, 1.807) is 12.1 Å². The first kappa shape index (κ1) is 14.4. The highest BCUT2D eigenvalue weighted by atomic mass is 32.2. The van der Waals surface area contributed by atoms with Crippen molar-refractivity contribution in [2.45, 2.75) is 37.1 Å². The first-order valence-electron chi connectivity index (χ1n) is 6.85. The molecule has 1 saturated carbocycles. The van der Waals surface area contributed by atoms with E-state index in [4.69, 9.17) is 8.83 Å². The number of rotatable bonds is 7. The summed E-state index contributed by atoms with van der Waals surface area (Å²) in [5.74, 6) is 0.636. The number of sulfonamides is 1. The molecule has 0 unspecified atom stereocenters. The molecular weight excluding hydrogens is 292 g/mol. The van der Waals surface area contributed by atoms with Gasteiger partial charge in [-0.25, -0.2) is 8.42 Å². The topological polar surface area (TPSA) is 75.7 Å². The molecule has 21 heavy (non-hydrogen) atoms. The SMILES string of the molecule is CN(Cc1ccoc1)S(=O)(=O)c1ccc(CNC2CC2)o1. The van der Waals surface area contributed by atoms with Gasteiger partial charge in [0.1, 0.15) is 5.76 Å². The van der Waals surface area contributed by atoms with Gasteiger partial charge in [0.15, 0.2) is 0 Å². The van der Waals surface area contributed by atoms with Crippen LogP contribution in [0.3, 0.4) is 0 Å². The lowest BCUT2D eigenvalue weighted by Gasteiger charge is -2.14. The van der Waals surface area contributed by atoms with Crippen molar-refractivity contribution in [2.24, 2.45) is 0 Å². The highest BCUT2D eigenvalue weighted by Crippen LogP contribution is 2.22. The molecule has 2 aromatic rings. The molecule has 0 bridgehead atoms. The summed E-state index contributed by atoms with van der Waals surface area (Å²) in [6.45, 7) is 0.806. The molecule has 2 heterocycles. The number of furan rings is 2. The highest BCUT2D eigenvalue weighted by molar-refractivity contribution is 7.88. The zero-order chi connectivity index (χ0) is 14.9. The molecule has 114 valence electrons. The van der Waals surface area contributed by atoms with Crippen LogP contribution in [0.5, 0.6) is 0 Å². The molecule has 2 aromatic heterocycles. The van der Waals surface area contributed by atoms with Crippen LogP contribution in [0.1, 0.15) is 24.2 Å². The third kappa shape index (κ3) is 3.37. The summed E-state index contributed by atoms with van der Waals surface area (Å²) in [4.78, 5) is 0. The highest BCUT2D eigenvalue weighted by Gasteiger charge is 2.26. The molecular formula is C14H18N2O4S. The third-order valence-electron chi connectivity index (χ3n) is 3.43. The third-order valence-corrected chi connectivity index (χ3v) is 5.11. The Hall–Kier alpha value is -1.57. The molecule has 1 fully saturated rings. The Balaban J connectivity index is 1.68. The van der Waals surface area contributed by atoms with Gasteiger partial charge in [-0.1, -0.05) is 0 Å². The summed E-state index contributed by atoms with van der Waals surface area (Å²) in [6.07, 6.45) is 5.40. The summed E-state index contributed by atoms with van der Waals surface area (Å²) in [7, 11) is -2.10. The average molecular weight is 310 g/mol. The maximum atomic E-state index is 12.4. The number of hydrogen-bond donors (Lipinski definition) is 1. The average Bonchev–Trinajstić information content (AvgIpc) is 2.93. The van der Waals surface area contributed by atoms with Gasteiger partial charge in [-0.2, -0.15) is 4.31 Å². The predicted octanol–water partition coefficient (Wildman–Crippen LogP) is 1.95. The van der Waals surface area contributed by atoms with Crippen LogP contribution in [0, 0.1) is 0 Å². The first-order chi connectivity index (χ1) is 10.1. The summed E-state index contributed by atoms with van der Waals surface area (Å²) in [5.41, 5.74) is 0.795. The van der Waals surface area contributed by atoms with Crippen molar-refractivity contribution in [1.29, 1.82) is 0 Å². The van der Waals surface area contributed by atoms with Crippen LogP contribution in [0.2, 0.25) is 0 Å². The van der Waals surface area contributed by atoms with Gasteiger partial charge in [0.25, 0.3) is 10.0 Å². The normalized spacial score (nSPS) is 15.7. The molecule has 1 N–H and O–H groups in total. The molecule has 0 radical (unpaired) electrons. The summed E-state index contributed by atoms with van der Waals surface area (Å²) in [6, 6.07) is 5.50. The fourth-order valence-electron chi connectivity index (χ4n) is 2.00. The fourth-order valence-corrected chi connectivity index (χ4v) is 3.08. The largest absolute Gasteiger partial charge is 0.472 e. The minimum atomic E-state index is -3.62. The molecule has 3 rings (SSSR count). The van der Waals surface area contributed by atoms with Crippen molar-refractivity contribution in [1.82, 2.24) is 9.62 Å². The zero-order valence-electron chi connectivity index (χ0n) is 11.8. The van der Waals surface area contributed by atoms with Gasteiger partial charge >= 0.3 is 0 Å². The Morgan fingerprint density at radius 1 is 1.33 bits per heavy atom. The molecule has 0 aromatic carbocycles. The van der Waals surface area contributed by atoms with E-state index < -0.39 is 10.0 Å². The zero-order valence-corrected chi connectivity index (χ0v) is 12.6. The van der Waals surface area contributed by atoms with Gasteiger partial charge in [-0.3, -0.25) is 0 Å². The maximum absolute atomic E-state index is 12.4. The quantitative estimate of drug-likeness (QED) is 0.846. The van der Waals surface area contributed by atoms with E-state index in [2.05, 4.69) is 5.32 Å². The van der Waals surface area contributed by atoms with Crippen molar-refractivity contribution >= 4 is 10.0 Å². The predicted molar refractivity (Wildman–Crippen MR) is 75.9 cm³/mol. The molecule has 0 spiro atoms. The Kier molecular flexibility index (Phi) is 3.88. The number of hydrogen-bond acceptors (Lipinski definition) is 5. The van der Waals surface area contributed by atoms with E-state index in [9.17, 15) is 8.42 Å². The monoisotopic (exact) mass is 310 g/mol. The Bertz CT molecular complexity index is 686. The smallest absolute Gasteiger partial charge is 0.276 e. The number of nitrogens with zero attached hydrogens (tertiary/aromatic N) is 1. The van der Waals surface area contributed by atoms with Crippen LogP contribution in [0.4, 0.5) is 0 Å². The van der Waals surface area contributed by atoms with Gasteiger partial charge in [-0.15, -0.1) is 0 Å². The van der Waals surface area contributed by atoms with Crippen LogP contribution >= 0.6 is 0 Å². The van der Waals surface area contributed by atoms with E-state index in [1.807, 2.05) is 0 Å². The summed E-state index contributed by atoms with van der Waals surface area (Å²) >= 11 is 0. The van der Waals surface area contributed by atoms with Crippen LogP contribution in [0.15, 0.2) is 44.7 Å². The molecule has 1 aliphatic carbocycles. The fraction of sp³-hybridized carbons (Fsp3) is 0.429. The summed E-state index contributed by atoms with van der Waals surface area (Å²) in [5, 5.41) is 3.26. The summed E-state index contributed by atoms with van der Waals surface area (Å²) < 4.78 is 36.4. The van der Waals surface area contributed by atoms with E-state index >= 15 is 0 Å². The van der Waals surface area contributed by atoms with E-state index in [1.165, 1.54) is 42.8 Å². The first-order valence-corrected chi connectivity index (χ1v) is 8.29. The molecule has 0 atom stereocenters. The Morgan fingerprint density at radius 2 is 2.14 bits per heavy atom. The van der Waals surface area contributed by atoms with Crippen molar-refractivity contribution in [3.63, 3.8) is 0 Å². The molecule has 7 heteroatoms. The molecule has 0 amide bonds. The van der Waals surface area contributed by atoms with Crippen molar-refractivity contribution in [2.75, 3.05) is 7.05 Å². The Morgan fingerprint density at radius 3 is 2.81 bits per heavy atom. The van der Waals surface area contributed by atoms with Crippen LogP contribution < -0.4 is 5.32 Å². The van der Waals surface area contributed by atoms with Gasteiger partial charge in [0.2, 0.25) is 5.09 Å². The van der Waals surface area contributed by atoms with Gasteiger partial charge in [0, 0.05) is 25.2 Å². The van der Waals surface area contributed by atoms with Crippen LogP contribution in [0.25, 0.3) is 0 Å². The van der Waals surface area contributed by atoms with Crippen LogP contribution in [-0.4, -0.2) is 25.8 Å². The maximum Gasteiger partial charge on any atom is 0.276 e. The second-order valence-corrected chi connectivity index (χ2v) is 7.24. The lowest BCUT2D eigenvalue weighted by Crippen LogP contribution is -2.26. The standard InChI is InChI=1S/C14H18N2O4S/c1-16(9-11-6-7-19-10-11)21(17,18)14-5-4-13(20-14)8-15-12-2-3-12/h4-7,10,12,15H,2-3,8-9H2,1H3. The second kappa shape index (κ2) is 5.67. The van der Waals surface area contributed by atoms with Crippen LogP contribution in [-0.2, 0) is 23.1 Å². The van der Waals surface area contributed by atoms with Crippen molar-refractivity contribution < 1.29 is 17.3 Å². The molecule has 0 aliphatic heterocycles. The van der Waals surface area contributed by atoms with Crippen molar-refractivity contribution in [3.8, 4) is 0 Å². The van der Waals surface area contributed by atoms with Gasteiger partial charge < -0.3 is 14.2 Å². The minimum Gasteiger partial charge on any atom is -0.472 e. The lowest BCUT2D eigenvalue weighted by molar-refractivity contribution is 0.378. The Labute approximate surface area is 123 Å². The molecule has 6 nitrogen and oxygen atoms in total. The van der Waals surface area contributed by atoms with Crippen molar-refractivity contribution in [3.05, 3.63) is 42.0 Å². The van der Waals surface area contributed by atoms with E-state index in [-0.39, 0.29) is 11.6 Å². The molecule has 1 aliphatic rings. The second-order valence-electron chi connectivity index (χ2n) is 5.27. The molecule has 0 saturated heterocycles. The number of nitrogens with one attached hydrogen (secondary N) is 1. The lowest BCUT2D eigenvalue weighted by atomic mass is 10.3. The van der Waals surface area contributed by atoms with Gasteiger partial charge in [-0.05, 0) is 31.0 Å². The van der Waals surface area contributed by atoms with E-state index in [0.717, 1.165) is 5.56 Å². The van der Waals surface area contributed by atoms with E-state index in [0.29, 0.717) is 18.3 Å². The van der Waals surface area contributed by atoms with Gasteiger partial charge in [0.05, 0.1) is 19.1 Å². The minimum absolute atomic E-state index is 0.0268.